The van der Waals surface area contributed by atoms with E-state index >= 15 is 0 Å². The van der Waals surface area contributed by atoms with Crippen LogP contribution in [0.5, 0.6) is 0 Å². The fourth-order valence-corrected chi connectivity index (χ4v) is 3.60. The van der Waals surface area contributed by atoms with E-state index in [1.807, 2.05) is 39.0 Å². The Balaban J connectivity index is 1.69. The summed E-state index contributed by atoms with van der Waals surface area (Å²) in [4.78, 5) is 28.0. The van der Waals surface area contributed by atoms with Crippen LogP contribution in [-0.2, 0) is 16.1 Å². The zero-order valence-corrected chi connectivity index (χ0v) is 16.3. The number of carbonyl (C=O) groups is 2. The van der Waals surface area contributed by atoms with Crippen molar-refractivity contribution in [2.24, 2.45) is 0 Å². The number of amides is 2. The molecule has 1 aromatic rings. The molecule has 0 atom stereocenters. The number of anilines is 1. The Kier molecular flexibility index (Phi) is 4.95. The molecule has 136 valence electrons. The van der Waals surface area contributed by atoms with Crippen LogP contribution in [-0.4, -0.2) is 41.8 Å². The zero-order chi connectivity index (χ0) is 18.2. The molecule has 2 aliphatic rings. The molecule has 6 nitrogen and oxygen atoms in total. The second-order valence-electron chi connectivity index (χ2n) is 7.40. The van der Waals surface area contributed by atoms with Crippen LogP contribution < -0.4 is 4.90 Å². The Morgan fingerprint density at radius 3 is 2.60 bits per heavy atom. The van der Waals surface area contributed by atoms with Crippen molar-refractivity contribution in [3.63, 3.8) is 0 Å². The summed E-state index contributed by atoms with van der Waals surface area (Å²) in [5.74, 6) is 0. The zero-order valence-electron chi connectivity index (χ0n) is 14.8. The highest BCUT2D eigenvalue weighted by Crippen LogP contribution is 2.33. The van der Waals surface area contributed by atoms with Gasteiger partial charge in [-0.15, -0.1) is 0 Å². The van der Waals surface area contributed by atoms with Crippen LogP contribution in [0.3, 0.4) is 0 Å². The van der Waals surface area contributed by atoms with Crippen LogP contribution in [0, 0.1) is 0 Å². The highest BCUT2D eigenvalue weighted by Gasteiger charge is 2.36. The van der Waals surface area contributed by atoms with Crippen LogP contribution in [0.2, 0.25) is 0 Å². The molecular formula is C18H23BrN2O4. The molecule has 7 heteroatoms. The number of ether oxygens (including phenoxy) is 2. The highest BCUT2D eigenvalue weighted by atomic mass is 79.9. The van der Waals surface area contributed by atoms with Gasteiger partial charge in [-0.05, 0) is 51.8 Å². The molecule has 0 bridgehead atoms. The lowest BCUT2D eigenvalue weighted by Gasteiger charge is -2.40. The first-order chi connectivity index (χ1) is 11.7. The minimum absolute atomic E-state index is 0.0198. The summed E-state index contributed by atoms with van der Waals surface area (Å²) in [5, 5.41) is 0. The van der Waals surface area contributed by atoms with Gasteiger partial charge in [0.05, 0.1) is 5.69 Å². The second kappa shape index (κ2) is 6.86. The molecule has 1 saturated heterocycles. The predicted molar refractivity (Wildman–Crippen MR) is 97.6 cm³/mol. The number of benzene rings is 1. The standard InChI is InChI=1S/C18H23BrN2O4/c1-18(2,3)25-16(22)20-8-6-14(7-9-20)21-15-5-4-13(19)10-12(15)11-24-17(21)23/h4-5,10,14H,6-9,11H2,1-3H3. The summed E-state index contributed by atoms with van der Waals surface area (Å²) in [6.07, 6.45) is 0.787. The summed E-state index contributed by atoms with van der Waals surface area (Å²) < 4.78 is 11.7. The Hall–Kier alpha value is -1.76. The average molecular weight is 411 g/mol. The topological polar surface area (TPSA) is 59.1 Å². The van der Waals surface area contributed by atoms with Gasteiger partial charge in [0.25, 0.3) is 0 Å². The molecule has 0 spiro atoms. The van der Waals surface area contributed by atoms with E-state index in [9.17, 15) is 9.59 Å². The van der Waals surface area contributed by atoms with Crippen LogP contribution >= 0.6 is 15.9 Å². The summed E-state index contributed by atoms with van der Waals surface area (Å²) in [6, 6.07) is 5.87. The lowest BCUT2D eigenvalue weighted by Crippen LogP contribution is -2.51. The van der Waals surface area contributed by atoms with Gasteiger partial charge >= 0.3 is 12.2 Å². The van der Waals surface area contributed by atoms with Crippen LogP contribution in [0.4, 0.5) is 15.3 Å². The van der Waals surface area contributed by atoms with Crippen molar-refractivity contribution in [1.29, 1.82) is 0 Å². The molecule has 1 aromatic carbocycles. The molecule has 2 aliphatic heterocycles. The van der Waals surface area contributed by atoms with Gasteiger partial charge < -0.3 is 14.4 Å². The predicted octanol–water partition coefficient (Wildman–Crippen LogP) is 4.31. The number of cyclic esters (lactones) is 1. The number of piperidine rings is 1. The average Bonchev–Trinajstić information content (AvgIpc) is 2.53. The maximum Gasteiger partial charge on any atom is 0.414 e. The summed E-state index contributed by atoms with van der Waals surface area (Å²) in [6.45, 7) is 6.99. The lowest BCUT2D eigenvalue weighted by molar-refractivity contribution is 0.0204. The Bertz CT molecular complexity index is 678. The maximum absolute atomic E-state index is 12.3. The van der Waals surface area contributed by atoms with Crippen molar-refractivity contribution in [2.45, 2.75) is 51.9 Å². The maximum atomic E-state index is 12.3. The fourth-order valence-electron chi connectivity index (χ4n) is 3.19. The van der Waals surface area contributed by atoms with Crippen molar-refractivity contribution in [2.75, 3.05) is 18.0 Å². The number of halogens is 1. The summed E-state index contributed by atoms with van der Waals surface area (Å²) >= 11 is 3.45. The quantitative estimate of drug-likeness (QED) is 0.691. The van der Waals surface area contributed by atoms with Gasteiger partial charge in [-0.25, -0.2) is 9.59 Å². The van der Waals surface area contributed by atoms with Crippen LogP contribution in [0.25, 0.3) is 0 Å². The number of hydrogen-bond donors (Lipinski definition) is 0. The van der Waals surface area contributed by atoms with Gasteiger partial charge in [-0.1, -0.05) is 15.9 Å². The van der Waals surface area contributed by atoms with Crippen molar-refractivity contribution in [3.05, 3.63) is 28.2 Å². The van der Waals surface area contributed by atoms with E-state index < -0.39 is 5.60 Å². The molecule has 0 saturated carbocycles. The monoisotopic (exact) mass is 410 g/mol. The molecule has 0 unspecified atom stereocenters. The molecule has 0 radical (unpaired) electrons. The molecule has 0 aromatic heterocycles. The Labute approximate surface area is 156 Å². The molecule has 3 rings (SSSR count). The van der Waals surface area contributed by atoms with Gasteiger partial charge in [0, 0.05) is 29.2 Å². The molecule has 2 heterocycles. The first-order valence-electron chi connectivity index (χ1n) is 8.47. The smallest absolute Gasteiger partial charge is 0.414 e. The summed E-state index contributed by atoms with van der Waals surface area (Å²) in [5.41, 5.74) is 1.38. The number of fused-ring (bicyclic) bond motifs is 1. The van der Waals surface area contributed by atoms with Gasteiger partial charge in [0.1, 0.15) is 12.2 Å². The number of hydrogen-bond acceptors (Lipinski definition) is 4. The molecule has 25 heavy (non-hydrogen) atoms. The van der Waals surface area contributed by atoms with Crippen LogP contribution in [0.15, 0.2) is 22.7 Å². The van der Waals surface area contributed by atoms with Gasteiger partial charge in [0.2, 0.25) is 0 Å². The largest absolute Gasteiger partial charge is 0.444 e. The lowest BCUT2D eigenvalue weighted by atomic mass is 10.0. The number of nitrogens with zero attached hydrogens (tertiary/aromatic N) is 2. The Morgan fingerprint density at radius 2 is 1.96 bits per heavy atom. The fraction of sp³-hybridized carbons (Fsp3) is 0.556. The highest BCUT2D eigenvalue weighted by molar-refractivity contribution is 9.10. The van der Waals surface area contributed by atoms with Gasteiger partial charge in [-0.3, -0.25) is 4.90 Å². The number of likely N-dealkylation sites (tertiary alicyclic amines) is 1. The summed E-state index contributed by atoms with van der Waals surface area (Å²) in [7, 11) is 0. The van der Waals surface area contributed by atoms with E-state index in [0.717, 1.165) is 15.7 Å². The van der Waals surface area contributed by atoms with Gasteiger partial charge in [0.15, 0.2) is 0 Å². The normalized spacial score (nSPS) is 18.6. The molecular weight excluding hydrogens is 388 g/mol. The minimum atomic E-state index is -0.503. The van der Waals surface area contributed by atoms with Gasteiger partial charge in [-0.2, -0.15) is 0 Å². The molecule has 1 fully saturated rings. The van der Waals surface area contributed by atoms with Crippen LogP contribution in [0.1, 0.15) is 39.2 Å². The third-order valence-corrected chi connectivity index (χ3v) is 4.82. The second-order valence-corrected chi connectivity index (χ2v) is 8.31. The van der Waals surface area contributed by atoms with E-state index in [2.05, 4.69) is 15.9 Å². The molecule has 2 amide bonds. The van der Waals surface area contributed by atoms with Crippen molar-refractivity contribution >= 4 is 33.8 Å². The SMILES string of the molecule is CC(C)(C)OC(=O)N1CCC(N2C(=O)OCc3cc(Br)ccc32)CC1. The first kappa shape index (κ1) is 18.0. The number of carbonyl (C=O) groups excluding carboxylic acids is 2. The minimum Gasteiger partial charge on any atom is -0.444 e. The van der Waals surface area contributed by atoms with Crippen molar-refractivity contribution in [3.8, 4) is 0 Å². The van der Waals surface area contributed by atoms with E-state index in [4.69, 9.17) is 9.47 Å². The van der Waals surface area contributed by atoms with Crippen molar-refractivity contribution in [1.82, 2.24) is 4.90 Å². The van der Waals surface area contributed by atoms with E-state index in [1.54, 1.807) is 9.80 Å². The molecule has 0 N–H and O–H groups in total. The third-order valence-electron chi connectivity index (χ3n) is 4.33. The Morgan fingerprint density at radius 1 is 1.28 bits per heavy atom. The first-order valence-corrected chi connectivity index (χ1v) is 9.26. The van der Waals surface area contributed by atoms with E-state index in [-0.39, 0.29) is 18.2 Å². The van der Waals surface area contributed by atoms with Crippen molar-refractivity contribution < 1.29 is 19.1 Å². The molecule has 0 aliphatic carbocycles. The van der Waals surface area contributed by atoms with E-state index in [0.29, 0.717) is 32.5 Å². The van der Waals surface area contributed by atoms with E-state index in [1.165, 1.54) is 0 Å². The number of rotatable bonds is 1. The third kappa shape index (κ3) is 4.08.